The standard InChI is InChI=1S/C13H23ClN2O2/c1-10(15-12(18)13(2,3)9-14)11(17)16-7-5-4-6-8-16/h10H,4-9H2,1-3H3,(H,15,18). The Morgan fingerprint density at radius 2 is 1.83 bits per heavy atom. The van der Waals surface area contributed by atoms with Crippen molar-refractivity contribution in [1.29, 1.82) is 0 Å². The predicted molar refractivity (Wildman–Crippen MR) is 72.5 cm³/mol. The van der Waals surface area contributed by atoms with Gasteiger partial charge < -0.3 is 10.2 Å². The first-order chi connectivity index (χ1) is 8.38. The molecule has 0 spiro atoms. The van der Waals surface area contributed by atoms with Crippen molar-refractivity contribution in [2.45, 2.75) is 46.1 Å². The normalized spacial score (nSPS) is 18.3. The van der Waals surface area contributed by atoms with Crippen molar-refractivity contribution in [2.75, 3.05) is 19.0 Å². The first kappa shape index (κ1) is 15.3. The lowest BCUT2D eigenvalue weighted by Gasteiger charge is -2.30. The largest absolute Gasteiger partial charge is 0.344 e. The van der Waals surface area contributed by atoms with Gasteiger partial charge in [-0.1, -0.05) is 0 Å². The van der Waals surface area contributed by atoms with Crippen LogP contribution in [0.2, 0.25) is 0 Å². The summed E-state index contributed by atoms with van der Waals surface area (Å²) in [7, 11) is 0. The zero-order valence-electron chi connectivity index (χ0n) is 11.5. The van der Waals surface area contributed by atoms with Gasteiger partial charge in [0.1, 0.15) is 6.04 Å². The van der Waals surface area contributed by atoms with Gasteiger partial charge in [-0.15, -0.1) is 11.6 Å². The number of nitrogens with zero attached hydrogens (tertiary/aromatic N) is 1. The maximum Gasteiger partial charge on any atom is 0.244 e. The molecule has 1 saturated heterocycles. The van der Waals surface area contributed by atoms with Crippen molar-refractivity contribution in [3.05, 3.63) is 0 Å². The summed E-state index contributed by atoms with van der Waals surface area (Å²) in [5, 5.41) is 2.75. The number of amides is 2. The highest BCUT2D eigenvalue weighted by Gasteiger charge is 2.30. The second-order valence-electron chi connectivity index (χ2n) is 5.60. The number of hydrogen-bond donors (Lipinski definition) is 1. The molecule has 5 heteroatoms. The summed E-state index contributed by atoms with van der Waals surface area (Å²) >= 11 is 5.74. The molecule has 1 N–H and O–H groups in total. The monoisotopic (exact) mass is 274 g/mol. The number of likely N-dealkylation sites (tertiary alicyclic amines) is 1. The molecule has 1 aliphatic heterocycles. The summed E-state index contributed by atoms with van der Waals surface area (Å²) in [5.74, 6) is 0.0764. The van der Waals surface area contributed by atoms with Crippen LogP contribution in [-0.4, -0.2) is 41.7 Å². The second kappa shape index (κ2) is 6.41. The smallest absolute Gasteiger partial charge is 0.244 e. The lowest BCUT2D eigenvalue weighted by atomic mass is 9.95. The molecule has 104 valence electrons. The molecular weight excluding hydrogens is 252 g/mol. The van der Waals surface area contributed by atoms with Crippen LogP contribution in [-0.2, 0) is 9.59 Å². The fourth-order valence-electron chi connectivity index (χ4n) is 1.90. The Labute approximate surface area is 114 Å². The topological polar surface area (TPSA) is 49.4 Å². The maximum atomic E-state index is 12.1. The van der Waals surface area contributed by atoms with Crippen molar-refractivity contribution < 1.29 is 9.59 Å². The minimum atomic E-state index is -0.641. The highest BCUT2D eigenvalue weighted by atomic mass is 35.5. The molecule has 0 aromatic heterocycles. The summed E-state index contributed by atoms with van der Waals surface area (Å²) < 4.78 is 0. The van der Waals surface area contributed by atoms with Gasteiger partial charge in [-0.3, -0.25) is 9.59 Å². The average Bonchev–Trinajstić information content (AvgIpc) is 2.38. The number of hydrogen-bond acceptors (Lipinski definition) is 2. The minimum absolute atomic E-state index is 0.00780. The second-order valence-corrected chi connectivity index (χ2v) is 5.87. The van der Waals surface area contributed by atoms with Gasteiger partial charge in [0.15, 0.2) is 0 Å². The molecule has 1 rings (SSSR count). The van der Waals surface area contributed by atoms with E-state index >= 15 is 0 Å². The van der Waals surface area contributed by atoms with Crippen LogP contribution in [0.1, 0.15) is 40.0 Å². The fraction of sp³-hybridized carbons (Fsp3) is 0.846. The van der Waals surface area contributed by atoms with Gasteiger partial charge >= 0.3 is 0 Å². The van der Waals surface area contributed by atoms with E-state index in [-0.39, 0.29) is 17.7 Å². The number of rotatable bonds is 4. The molecule has 18 heavy (non-hydrogen) atoms. The Balaban J connectivity index is 2.51. The Bertz CT molecular complexity index is 312. The minimum Gasteiger partial charge on any atom is -0.344 e. The fourth-order valence-corrected chi connectivity index (χ4v) is 2.02. The van der Waals surface area contributed by atoms with Gasteiger partial charge in [-0.2, -0.15) is 0 Å². The summed E-state index contributed by atoms with van der Waals surface area (Å²) in [6, 6.07) is -0.474. The molecule has 1 fully saturated rings. The number of nitrogens with one attached hydrogen (secondary N) is 1. The van der Waals surface area contributed by atoms with E-state index < -0.39 is 11.5 Å². The molecule has 0 bridgehead atoms. The van der Waals surface area contributed by atoms with E-state index in [2.05, 4.69) is 5.32 Å². The van der Waals surface area contributed by atoms with Gasteiger partial charge in [0.2, 0.25) is 11.8 Å². The van der Waals surface area contributed by atoms with Gasteiger partial charge in [-0.25, -0.2) is 0 Å². The van der Waals surface area contributed by atoms with Crippen molar-refractivity contribution in [2.24, 2.45) is 5.41 Å². The molecule has 1 unspecified atom stereocenters. The molecule has 1 aliphatic rings. The van der Waals surface area contributed by atoms with E-state index in [1.165, 1.54) is 6.42 Å². The van der Waals surface area contributed by atoms with Crippen molar-refractivity contribution in [3.8, 4) is 0 Å². The molecule has 0 aliphatic carbocycles. The maximum absolute atomic E-state index is 12.1. The zero-order valence-corrected chi connectivity index (χ0v) is 12.2. The first-order valence-electron chi connectivity index (χ1n) is 6.54. The molecule has 0 aromatic rings. The van der Waals surface area contributed by atoms with Crippen LogP contribution < -0.4 is 5.32 Å². The van der Waals surface area contributed by atoms with E-state index in [0.717, 1.165) is 25.9 Å². The SMILES string of the molecule is CC(NC(=O)C(C)(C)CCl)C(=O)N1CCCCC1. The quantitative estimate of drug-likeness (QED) is 0.795. The van der Waals surface area contributed by atoms with Gasteiger partial charge in [0.05, 0.1) is 5.41 Å². The Kier molecular flexibility index (Phi) is 5.45. The molecule has 2 amide bonds. The Hall–Kier alpha value is -0.770. The third-order valence-corrected chi connectivity index (χ3v) is 4.00. The Morgan fingerprint density at radius 1 is 1.28 bits per heavy atom. The third-order valence-electron chi connectivity index (χ3n) is 3.33. The molecule has 0 aromatic carbocycles. The highest BCUT2D eigenvalue weighted by molar-refractivity contribution is 6.19. The summed E-state index contributed by atoms with van der Waals surface area (Å²) in [4.78, 5) is 25.9. The van der Waals surface area contributed by atoms with Gasteiger partial charge in [-0.05, 0) is 40.0 Å². The van der Waals surface area contributed by atoms with Crippen LogP contribution >= 0.6 is 11.6 Å². The van der Waals surface area contributed by atoms with Gasteiger partial charge in [0, 0.05) is 19.0 Å². The summed E-state index contributed by atoms with van der Waals surface area (Å²) in [6.07, 6.45) is 3.29. The zero-order chi connectivity index (χ0) is 13.8. The van der Waals surface area contributed by atoms with Gasteiger partial charge in [0.25, 0.3) is 0 Å². The van der Waals surface area contributed by atoms with Crippen LogP contribution in [0.3, 0.4) is 0 Å². The van der Waals surface area contributed by atoms with Crippen molar-refractivity contribution in [1.82, 2.24) is 10.2 Å². The highest BCUT2D eigenvalue weighted by Crippen LogP contribution is 2.17. The number of alkyl halides is 1. The third kappa shape index (κ3) is 3.87. The van der Waals surface area contributed by atoms with E-state index in [4.69, 9.17) is 11.6 Å². The Morgan fingerprint density at radius 3 is 2.33 bits per heavy atom. The lowest BCUT2D eigenvalue weighted by molar-refractivity contribution is -0.138. The molecule has 4 nitrogen and oxygen atoms in total. The van der Waals surface area contributed by atoms with Crippen LogP contribution in [0.25, 0.3) is 0 Å². The summed E-state index contributed by atoms with van der Waals surface area (Å²) in [5.41, 5.74) is -0.641. The first-order valence-corrected chi connectivity index (χ1v) is 7.07. The molecule has 0 saturated carbocycles. The van der Waals surface area contributed by atoms with Crippen LogP contribution in [0.15, 0.2) is 0 Å². The molecule has 1 atom stereocenters. The van der Waals surface area contributed by atoms with E-state index in [0.29, 0.717) is 0 Å². The average molecular weight is 275 g/mol. The van der Waals surface area contributed by atoms with Crippen LogP contribution in [0.4, 0.5) is 0 Å². The lowest BCUT2D eigenvalue weighted by Crippen LogP contribution is -2.51. The molecule has 1 heterocycles. The number of carbonyl (C=O) groups is 2. The van der Waals surface area contributed by atoms with E-state index in [9.17, 15) is 9.59 Å². The van der Waals surface area contributed by atoms with Crippen molar-refractivity contribution in [3.63, 3.8) is 0 Å². The van der Waals surface area contributed by atoms with Crippen LogP contribution in [0.5, 0.6) is 0 Å². The van der Waals surface area contributed by atoms with E-state index in [1.807, 2.05) is 4.90 Å². The summed E-state index contributed by atoms with van der Waals surface area (Å²) in [6.45, 7) is 6.88. The number of halogens is 1. The van der Waals surface area contributed by atoms with Crippen LogP contribution in [0, 0.1) is 5.41 Å². The number of carbonyl (C=O) groups excluding carboxylic acids is 2. The number of piperidine rings is 1. The predicted octanol–water partition coefficient (Wildman–Crippen LogP) is 1.77. The van der Waals surface area contributed by atoms with Crippen molar-refractivity contribution >= 4 is 23.4 Å². The van der Waals surface area contributed by atoms with E-state index in [1.54, 1.807) is 20.8 Å². The molecule has 0 radical (unpaired) electrons. The molecular formula is C13H23ClN2O2.